The molecule has 0 saturated heterocycles. The number of benzene rings is 6. The highest BCUT2D eigenvalue weighted by Gasteiger charge is 2.65. The van der Waals surface area contributed by atoms with Gasteiger partial charge in [-0.1, -0.05) is 175 Å². The highest BCUT2D eigenvalue weighted by Crippen LogP contribution is 2.71. The molecule has 0 amide bonds. The lowest BCUT2D eigenvalue weighted by Gasteiger charge is -2.58. The molecule has 6 heterocycles. The van der Waals surface area contributed by atoms with E-state index in [4.69, 9.17) is 4.42 Å². The van der Waals surface area contributed by atoms with Crippen LogP contribution in [0.15, 0.2) is 82.7 Å². The van der Waals surface area contributed by atoms with Crippen LogP contribution in [0.5, 0.6) is 0 Å². The summed E-state index contributed by atoms with van der Waals surface area (Å²) in [7, 11) is 0. The largest absolute Gasteiger partial charge is 0.440 e. The van der Waals surface area contributed by atoms with Crippen LogP contribution in [0, 0.1) is 12.8 Å². The van der Waals surface area contributed by atoms with Crippen molar-refractivity contribution in [2.45, 2.75) is 295 Å². The molecule has 11 aliphatic rings. The Kier molecular flexibility index (Phi) is 10.7. The molecule has 5 heteroatoms. The first-order valence-electron chi connectivity index (χ1n) is 36.4. The molecule has 1 saturated carbocycles. The maximum Gasteiger partial charge on any atom is 0.253 e. The minimum atomic E-state index is -0.357. The smallest absolute Gasteiger partial charge is 0.253 e. The Labute approximate surface area is 552 Å². The van der Waals surface area contributed by atoms with Crippen LogP contribution in [0.1, 0.15) is 295 Å². The SMILES string of the molecule is Cc1cc2c(cc1N1c3cc4cc5c3B(C3=C6c7c(cc8c(c7-c7cc9c(cc7N65)C(C)(CCC9(C)C)C5CCC6(C)c7cc(C(C)(C)C)ccc7N4C6(C)C5)C(C)(C)CCC8(C)C)C3(C)C)c3c1oc1cc4c(cc31)C(C)(C)CCC4(C)C)C(C)(C)CCC2(C)C. The third kappa shape index (κ3) is 6.85. The molecule has 6 aromatic carbocycles. The van der Waals surface area contributed by atoms with Crippen LogP contribution in [0.25, 0.3) is 27.8 Å². The van der Waals surface area contributed by atoms with Crippen molar-refractivity contribution in [1.29, 1.82) is 0 Å². The molecule has 7 aromatic rings. The molecule has 6 bridgehead atoms. The molecule has 0 radical (unpaired) electrons. The lowest BCUT2D eigenvalue weighted by atomic mass is 9.30. The van der Waals surface area contributed by atoms with E-state index in [-0.39, 0.29) is 71.8 Å². The zero-order chi connectivity index (χ0) is 65.0. The van der Waals surface area contributed by atoms with Gasteiger partial charge in [0.05, 0.1) is 16.9 Å². The number of hydrogen-bond donors (Lipinski definition) is 0. The molecule has 4 atom stereocenters. The first kappa shape index (κ1) is 58.6. The first-order chi connectivity index (χ1) is 42.7. The number of fused-ring (bicyclic) bond motifs is 17. The summed E-state index contributed by atoms with van der Waals surface area (Å²) in [5.41, 5.74) is 36.8. The predicted molar refractivity (Wildman–Crippen MR) is 390 cm³/mol. The molecule has 0 spiro atoms. The molecule has 6 aliphatic carbocycles. The second kappa shape index (κ2) is 16.8. The number of anilines is 7. The highest BCUT2D eigenvalue weighted by atomic mass is 16.4. The molecule has 1 fully saturated rings. The fourth-order valence-corrected chi connectivity index (χ4v) is 22.7. The summed E-state index contributed by atoms with van der Waals surface area (Å²) in [6.07, 6.45) is 12.9. The molecular formula is C87H104BN3O. The fraction of sp³-hybridized carbons (Fsp3) is 0.540. The van der Waals surface area contributed by atoms with Gasteiger partial charge in [-0.25, -0.2) is 0 Å². The minimum Gasteiger partial charge on any atom is -0.440 e. The molecule has 4 nitrogen and oxygen atoms in total. The zero-order valence-electron chi connectivity index (χ0n) is 60.6. The Morgan fingerprint density at radius 2 is 1.02 bits per heavy atom. The van der Waals surface area contributed by atoms with E-state index in [0.29, 0.717) is 5.92 Å². The predicted octanol–water partition coefficient (Wildman–Crippen LogP) is 22.2. The summed E-state index contributed by atoms with van der Waals surface area (Å²) in [5.74, 6) is 1.49. The van der Waals surface area contributed by atoms with Gasteiger partial charge < -0.3 is 14.2 Å². The van der Waals surface area contributed by atoms with E-state index in [0.717, 1.165) is 43.6 Å². The summed E-state index contributed by atoms with van der Waals surface area (Å²) < 4.78 is 8.14. The minimum absolute atomic E-state index is 0.00512. The van der Waals surface area contributed by atoms with E-state index >= 15 is 0 Å². The average Bonchev–Trinajstić information content (AvgIpc) is 1.41. The molecule has 1 aromatic heterocycles. The van der Waals surface area contributed by atoms with Gasteiger partial charge in [0.2, 0.25) is 5.88 Å². The maximum absolute atomic E-state index is 8.14. The standard InChI is InChI=1S/C87H104BN3O/c1-47-36-53-56(79(9,10)30-28-77(53,5)6)43-63(47)90-66-39-50-38-65-72(66)88(71-52-41-54-57(45-67(52)92-75(71)90)80(11,12)31-29-78(54,7)8)74-73-69-60(84(74,19)20)42-61-70(83(17,18)33-32-82(61,15)16)68(69)51-40-55-58(44-64(51)89(65)73)85(21,35-34-81(55,13)14)49-26-27-86(22)59-37-48(76(2,3)4)24-25-62(59)91(50)87(86,23)46-49/h24-25,36-45,49H,26-35,46H2,1-23H3. The van der Waals surface area contributed by atoms with Crippen LogP contribution in [0.2, 0.25) is 0 Å². The lowest BCUT2D eigenvalue weighted by molar-refractivity contribution is 0.0840. The quantitative estimate of drug-likeness (QED) is 0.153. The normalized spacial score (nSPS) is 28.5. The van der Waals surface area contributed by atoms with Gasteiger partial charge in [0.15, 0.2) is 0 Å². The van der Waals surface area contributed by atoms with E-state index in [1.54, 1.807) is 38.9 Å². The van der Waals surface area contributed by atoms with Crippen molar-refractivity contribution in [1.82, 2.24) is 0 Å². The number of nitrogens with zero attached hydrogens (tertiary/aromatic N) is 3. The number of rotatable bonds is 1. The number of aryl methyl sites for hydroxylation is 1. The van der Waals surface area contributed by atoms with Crippen LogP contribution in [-0.2, 0) is 59.6 Å². The third-order valence-corrected chi connectivity index (χ3v) is 29.4. The Bertz CT molecular complexity index is 4650. The van der Waals surface area contributed by atoms with E-state index in [2.05, 4.69) is 247 Å². The van der Waals surface area contributed by atoms with E-state index in [9.17, 15) is 0 Å². The van der Waals surface area contributed by atoms with Gasteiger partial charge in [-0.3, -0.25) is 4.90 Å². The Hall–Kier alpha value is -5.94. The Balaban J connectivity index is 1.06. The number of furan rings is 1. The summed E-state index contributed by atoms with van der Waals surface area (Å²) in [5, 5.41) is 1.30. The van der Waals surface area contributed by atoms with E-state index < -0.39 is 0 Å². The van der Waals surface area contributed by atoms with Crippen LogP contribution < -0.4 is 25.6 Å². The van der Waals surface area contributed by atoms with Gasteiger partial charge in [-0.2, -0.15) is 0 Å². The highest BCUT2D eigenvalue weighted by molar-refractivity contribution is 6.97. The second-order valence-electron chi connectivity index (χ2n) is 39.3. The molecule has 476 valence electrons. The molecule has 18 rings (SSSR count). The van der Waals surface area contributed by atoms with Crippen molar-refractivity contribution >= 4 is 74.3 Å². The Morgan fingerprint density at radius 3 is 1.66 bits per heavy atom. The lowest BCUT2D eigenvalue weighted by Crippen LogP contribution is -2.60. The van der Waals surface area contributed by atoms with E-state index in [1.165, 1.54) is 145 Å². The van der Waals surface area contributed by atoms with Crippen molar-refractivity contribution in [2.24, 2.45) is 5.92 Å². The van der Waals surface area contributed by atoms with Gasteiger partial charge in [0, 0.05) is 61.3 Å². The molecule has 92 heavy (non-hydrogen) atoms. The Morgan fingerprint density at radius 1 is 0.467 bits per heavy atom. The maximum atomic E-state index is 8.14. The van der Waals surface area contributed by atoms with Crippen molar-refractivity contribution in [2.75, 3.05) is 14.7 Å². The van der Waals surface area contributed by atoms with Crippen LogP contribution in [0.4, 0.5) is 40.0 Å². The molecular weight excluding hydrogens is 1110 g/mol. The van der Waals surface area contributed by atoms with Crippen molar-refractivity contribution in [3.8, 4) is 11.1 Å². The van der Waals surface area contributed by atoms with Gasteiger partial charge >= 0.3 is 0 Å². The second-order valence-corrected chi connectivity index (χ2v) is 39.3. The van der Waals surface area contributed by atoms with Crippen LogP contribution in [0.3, 0.4) is 0 Å². The summed E-state index contributed by atoms with van der Waals surface area (Å²) >= 11 is 0. The number of allylic oxidation sites excluding steroid dienone is 1. The van der Waals surface area contributed by atoms with Crippen LogP contribution >= 0.6 is 0 Å². The van der Waals surface area contributed by atoms with Gasteiger partial charge in [-0.05, 0) is 265 Å². The first-order valence-corrected chi connectivity index (χ1v) is 36.4. The summed E-state index contributed by atoms with van der Waals surface area (Å²) in [6.45, 7) is 58.7. The monoisotopic (exact) mass is 1220 g/mol. The molecule has 5 aliphatic heterocycles. The zero-order valence-corrected chi connectivity index (χ0v) is 60.6. The summed E-state index contributed by atoms with van der Waals surface area (Å²) in [4.78, 5) is 8.67. The summed E-state index contributed by atoms with van der Waals surface area (Å²) in [6, 6.07) is 32.3. The van der Waals surface area contributed by atoms with Gasteiger partial charge in [-0.15, -0.1) is 0 Å². The fourth-order valence-electron chi connectivity index (χ4n) is 22.7. The molecule has 0 N–H and O–H groups in total. The number of hydrogen-bond acceptors (Lipinski definition) is 4. The van der Waals surface area contributed by atoms with Crippen molar-refractivity contribution < 1.29 is 4.42 Å². The molecule has 4 unspecified atom stereocenters. The van der Waals surface area contributed by atoms with Gasteiger partial charge in [0.1, 0.15) is 5.58 Å². The van der Waals surface area contributed by atoms with Gasteiger partial charge in [0.25, 0.3) is 6.71 Å². The average molecular weight is 1220 g/mol. The van der Waals surface area contributed by atoms with Crippen molar-refractivity contribution in [3.63, 3.8) is 0 Å². The third-order valence-electron chi connectivity index (χ3n) is 29.4. The topological polar surface area (TPSA) is 22.9 Å². The van der Waals surface area contributed by atoms with E-state index in [1.807, 2.05) is 0 Å². The van der Waals surface area contributed by atoms with Crippen LogP contribution in [-0.4, -0.2) is 12.3 Å². The van der Waals surface area contributed by atoms with Crippen molar-refractivity contribution in [3.05, 3.63) is 151 Å².